The van der Waals surface area contributed by atoms with Crippen molar-refractivity contribution in [1.82, 2.24) is 19.9 Å². The second-order valence-electron chi connectivity index (χ2n) is 10.6. The van der Waals surface area contributed by atoms with E-state index in [-0.39, 0.29) is 92.8 Å². The number of benzene rings is 3. The molecule has 0 aliphatic rings. The molecule has 239 valence electrons. The van der Waals surface area contributed by atoms with Crippen molar-refractivity contribution in [2.75, 3.05) is 0 Å². The molecular weight excluding hydrogens is 769 g/mol. The maximum atomic E-state index is 8.24. The van der Waals surface area contributed by atoms with Gasteiger partial charge in [0.05, 0.1) is 11.1 Å². The monoisotopic (exact) mass is 821 g/mol. The number of hydrogen-bond acceptors (Lipinski definition) is 5. The summed E-state index contributed by atoms with van der Waals surface area (Å²) in [5.41, 5.74) is 2.16. The van der Waals surface area contributed by atoms with Gasteiger partial charge in [0.15, 0.2) is 0 Å². The Hall–Kier alpha value is -5.03. The molecule has 0 amide bonds. The molecule has 0 bridgehead atoms. The summed E-state index contributed by atoms with van der Waals surface area (Å²) in [7, 11) is 0. The summed E-state index contributed by atoms with van der Waals surface area (Å²) in [5.74, 6) is 0. The van der Waals surface area contributed by atoms with Crippen molar-refractivity contribution in [3.63, 3.8) is 0 Å². The van der Waals surface area contributed by atoms with Gasteiger partial charge in [0.25, 0.3) is 0 Å². The van der Waals surface area contributed by atoms with Crippen molar-refractivity contribution in [2.45, 2.75) is 41.1 Å². The van der Waals surface area contributed by atoms with Crippen molar-refractivity contribution in [1.29, 1.82) is 0 Å². The predicted molar refractivity (Wildman–Crippen MR) is 191 cm³/mol. The Balaban J connectivity index is 0.000000288. The molecule has 5 heterocycles. The largest absolute Gasteiger partial charge is 0.486 e. The van der Waals surface area contributed by atoms with Gasteiger partial charge in [-0.3, -0.25) is 4.98 Å². The maximum Gasteiger partial charge on any atom is 0.216 e. The SMILES string of the molecule is [2H]C([2H])([2H])c1c[c-]c(-c2ccc(C([2H])([2H])[2H])cn2)cc1.[2H]C([2H])([2H])c1ccc2nc(C([2H])([2H])[2H])cc(-c3cc(-c4[c-]ccc5c4oc4nc(C([2H])([2H])[2H])ccc45)ncc3C([2H])([2H])[2H])c2c1.[Ir]. The zero-order valence-corrected chi connectivity index (χ0v) is 27.2. The molecule has 0 unspecified atom stereocenters. The Morgan fingerprint density at radius 2 is 1.48 bits per heavy atom. The van der Waals surface area contributed by atoms with E-state index in [0.29, 0.717) is 27.6 Å². The molecule has 5 nitrogen and oxygen atoms in total. The van der Waals surface area contributed by atoms with Gasteiger partial charge in [-0.1, -0.05) is 47.6 Å². The van der Waals surface area contributed by atoms with Crippen LogP contribution in [0.3, 0.4) is 0 Å². The number of hydrogen-bond donors (Lipinski definition) is 0. The van der Waals surface area contributed by atoms with Crippen LogP contribution in [-0.2, 0) is 20.1 Å². The van der Waals surface area contributed by atoms with Crippen LogP contribution < -0.4 is 0 Å². The van der Waals surface area contributed by atoms with Gasteiger partial charge in [-0.25, -0.2) is 4.98 Å². The summed E-state index contributed by atoms with van der Waals surface area (Å²) >= 11 is 0. The molecule has 48 heavy (non-hydrogen) atoms. The number of nitrogens with zero attached hydrogens (tertiary/aromatic N) is 4. The number of fused-ring (bicyclic) bond motifs is 4. The fourth-order valence-electron chi connectivity index (χ4n) is 5.21. The third-order valence-corrected chi connectivity index (χ3v) is 7.41. The predicted octanol–water partition coefficient (Wildman–Crippen LogP) is 10.5. The Kier molecular flexibility index (Phi) is 4.93. The maximum absolute atomic E-state index is 8.24. The molecule has 5 aromatic heterocycles. The summed E-state index contributed by atoms with van der Waals surface area (Å²) in [6.45, 7) is -14.6. The molecule has 0 spiro atoms. The fourth-order valence-corrected chi connectivity index (χ4v) is 5.21. The molecule has 0 fully saturated rings. The van der Waals surface area contributed by atoms with Crippen LogP contribution in [0.5, 0.6) is 0 Å². The number of aryl methyl sites for hydroxylation is 6. The molecule has 0 saturated carbocycles. The van der Waals surface area contributed by atoms with Crippen LogP contribution in [0.1, 0.15) is 58.3 Å². The smallest absolute Gasteiger partial charge is 0.216 e. The van der Waals surface area contributed by atoms with Crippen LogP contribution in [0.2, 0.25) is 0 Å². The van der Waals surface area contributed by atoms with E-state index in [9.17, 15) is 0 Å². The molecular formula is C42H34IrN4O-2. The summed E-state index contributed by atoms with van der Waals surface area (Å²) in [6, 6.07) is 26.6. The van der Waals surface area contributed by atoms with E-state index in [1.54, 1.807) is 30.3 Å². The Labute approximate surface area is 319 Å². The summed E-state index contributed by atoms with van der Waals surface area (Å²) in [5, 5.41) is 1.38. The van der Waals surface area contributed by atoms with E-state index >= 15 is 0 Å². The van der Waals surface area contributed by atoms with Gasteiger partial charge in [0.1, 0.15) is 0 Å². The number of aromatic nitrogens is 4. The molecule has 8 aromatic rings. The first kappa shape index (κ1) is 17.4. The van der Waals surface area contributed by atoms with Crippen molar-refractivity contribution in [3.05, 3.63) is 143 Å². The number of furan rings is 1. The zero-order valence-electron chi connectivity index (χ0n) is 42.8. The minimum atomic E-state index is -2.69. The van der Waals surface area contributed by atoms with E-state index < -0.39 is 41.1 Å². The topological polar surface area (TPSA) is 64.7 Å². The molecule has 1 radical (unpaired) electrons. The standard InChI is InChI=1S/C29H22N3O.C13H12N.Ir/c1-16-8-11-26-25(12-16)24(13-19(4)31-26)23-14-27(30-15-17(23)2)22-7-5-6-20-21-10-9-18(3)32-29(21)33-28(20)22;1-10-3-6-12(7-4-10)13-8-5-11(2)9-14-13;/h5-6,8-15H,1-4H3;3-6,8-9H,1-2H3;/q2*-1;/i1D3,2D3,3D3,4D3;1D3,2D3;. The van der Waals surface area contributed by atoms with E-state index in [0.717, 1.165) is 6.20 Å². The zero-order chi connectivity index (χ0) is 47.7. The van der Waals surface area contributed by atoms with Crippen molar-refractivity contribution in [2.24, 2.45) is 0 Å². The number of pyridine rings is 4. The molecule has 8 rings (SSSR count). The minimum Gasteiger partial charge on any atom is -0.486 e. The molecule has 0 aliphatic carbocycles. The Morgan fingerprint density at radius 3 is 2.25 bits per heavy atom. The Morgan fingerprint density at radius 1 is 0.625 bits per heavy atom. The Bertz CT molecular complexity index is 3000. The van der Waals surface area contributed by atoms with E-state index in [2.05, 4.69) is 32.1 Å². The van der Waals surface area contributed by atoms with Crippen molar-refractivity contribution < 1.29 is 49.2 Å². The van der Waals surface area contributed by atoms with Crippen LogP contribution in [-0.4, -0.2) is 19.9 Å². The normalized spacial score (nSPS) is 18.1. The molecule has 6 heteroatoms. The molecule has 0 atom stereocenters. The first-order chi connectivity index (χ1) is 30.0. The van der Waals surface area contributed by atoms with Gasteiger partial charge in [0, 0.05) is 79.3 Å². The first-order valence-corrected chi connectivity index (χ1v) is 14.2. The van der Waals surface area contributed by atoms with Crippen LogP contribution in [0.25, 0.3) is 66.6 Å². The van der Waals surface area contributed by atoms with E-state index in [1.165, 1.54) is 60.8 Å². The van der Waals surface area contributed by atoms with Crippen molar-refractivity contribution in [3.8, 4) is 33.6 Å². The molecule has 0 aliphatic heterocycles. The number of rotatable bonds is 3. The second-order valence-corrected chi connectivity index (χ2v) is 10.6. The first-order valence-electron chi connectivity index (χ1n) is 23.2. The second kappa shape index (κ2) is 13.6. The van der Waals surface area contributed by atoms with Gasteiger partial charge >= 0.3 is 0 Å². The third kappa shape index (κ3) is 6.55. The van der Waals surface area contributed by atoms with Crippen LogP contribution in [0, 0.1) is 53.2 Å². The van der Waals surface area contributed by atoms with Gasteiger partial charge < -0.3 is 14.4 Å². The van der Waals surface area contributed by atoms with Crippen molar-refractivity contribution >= 4 is 33.0 Å². The fraction of sp³-hybridized carbons (Fsp3) is 0.143. The summed E-state index contributed by atoms with van der Waals surface area (Å²) in [6.07, 6.45) is 2.46. The average Bonchev–Trinajstić information content (AvgIpc) is 3.60. The average molecular weight is 821 g/mol. The molecule has 3 aromatic carbocycles. The van der Waals surface area contributed by atoms with Gasteiger partial charge in [-0.2, -0.15) is 0 Å². The summed E-state index contributed by atoms with van der Waals surface area (Å²) < 4.78 is 145. The third-order valence-electron chi connectivity index (χ3n) is 7.41. The molecule has 0 saturated heterocycles. The van der Waals surface area contributed by atoms with E-state index in [4.69, 9.17) is 29.1 Å². The van der Waals surface area contributed by atoms with Gasteiger partial charge in [0.2, 0.25) is 5.71 Å². The van der Waals surface area contributed by atoms with Crippen LogP contribution in [0.4, 0.5) is 0 Å². The van der Waals surface area contributed by atoms with Crippen LogP contribution in [0.15, 0.2) is 102 Å². The molecule has 0 N–H and O–H groups in total. The quantitative estimate of drug-likeness (QED) is 0.166. The minimum absolute atomic E-state index is 0. The van der Waals surface area contributed by atoms with Crippen LogP contribution >= 0.6 is 0 Å². The summed E-state index contributed by atoms with van der Waals surface area (Å²) in [4.78, 5) is 16.9. The van der Waals surface area contributed by atoms with Gasteiger partial charge in [-0.05, 0) is 98.2 Å². The van der Waals surface area contributed by atoms with Gasteiger partial charge in [-0.15, -0.1) is 53.6 Å². The van der Waals surface area contributed by atoms with E-state index in [1.807, 2.05) is 0 Å².